The highest BCUT2D eigenvalue weighted by Crippen LogP contribution is 2.40. The van der Waals surface area contributed by atoms with Gasteiger partial charge in [-0.25, -0.2) is 4.98 Å². The third-order valence-electron chi connectivity index (χ3n) is 3.76. The van der Waals surface area contributed by atoms with Gasteiger partial charge in [-0.2, -0.15) is 0 Å². The van der Waals surface area contributed by atoms with Crippen LogP contribution in [0, 0.1) is 5.92 Å². The van der Waals surface area contributed by atoms with Crippen LogP contribution in [-0.4, -0.2) is 25.5 Å². The maximum absolute atomic E-state index is 12.4. The first kappa shape index (κ1) is 13.8. The fraction of sp³-hybridized carbons (Fsp3) is 0.400. The molecule has 0 radical (unpaired) electrons. The average Bonchev–Trinajstić information content (AvgIpc) is 3.26. The number of amides is 1. The molecule has 0 saturated heterocycles. The number of aryl methyl sites for hydroxylation is 1. The van der Waals surface area contributed by atoms with E-state index in [4.69, 9.17) is 5.11 Å². The van der Waals surface area contributed by atoms with E-state index in [1.165, 1.54) is 6.20 Å². The molecule has 2 aromatic rings. The van der Waals surface area contributed by atoms with Crippen LogP contribution >= 0.6 is 0 Å². The number of aliphatic hydroxyl groups excluding tert-OH is 1. The van der Waals surface area contributed by atoms with Crippen LogP contribution < -0.4 is 5.32 Å². The Hall–Kier alpha value is -2.21. The lowest BCUT2D eigenvalue weighted by molar-refractivity contribution is 0.0923. The van der Waals surface area contributed by atoms with Crippen molar-refractivity contribution in [3.63, 3.8) is 0 Å². The molecule has 2 N–H and O–H groups in total. The molecule has 1 aliphatic rings. The van der Waals surface area contributed by atoms with Crippen molar-refractivity contribution >= 4 is 5.91 Å². The van der Waals surface area contributed by atoms with Gasteiger partial charge in [0.1, 0.15) is 11.5 Å². The van der Waals surface area contributed by atoms with Crippen molar-refractivity contribution in [1.29, 1.82) is 0 Å². The minimum absolute atomic E-state index is 0.0860. The predicted octanol–water partition coefficient (Wildman–Crippen LogP) is 1.19. The number of pyridine rings is 1. The van der Waals surface area contributed by atoms with Gasteiger partial charge in [0.15, 0.2) is 0 Å². The maximum atomic E-state index is 12.4. The van der Waals surface area contributed by atoms with E-state index in [0.29, 0.717) is 17.2 Å². The molecule has 2 aromatic heterocycles. The molecular formula is C15H18N4O2. The average molecular weight is 286 g/mol. The Morgan fingerprint density at radius 2 is 2.29 bits per heavy atom. The molecule has 1 amide bonds. The van der Waals surface area contributed by atoms with Crippen molar-refractivity contribution in [3.05, 3.63) is 47.8 Å². The molecule has 6 nitrogen and oxygen atoms in total. The number of rotatable bonds is 5. The topological polar surface area (TPSA) is 80.0 Å². The Labute approximate surface area is 122 Å². The fourth-order valence-electron chi connectivity index (χ4n) is 2.41. The number of aliphatic hydroxyl groups is 1. The molecule has 110 valence electrons. The van der Waals surface area contributed by atoms with Crippen LogP contribution in [0.5, 0.6) is 0 Å². The summed E-state index contributed by atoms with van der Waals surface area (Å²) in [6, 6.07) is 3.21. The molecule has 2 heterocycles. The molecule has 1 fully saturated rings. The molecule has 0 bridgehead atoms. The molecule has 6 heteroatoms. The van der Waals surface area contributed by atoms with E-state index >= 15 is 0 Å². The zero-order valence-electron chi connectivity index (χ0n) is 11.9. The summed E-state index contributed by atoms with van der Waals surface area (Å²) in [7, 11) is 1.93. The molecule has 1 atom stereocenters. The van der Waals surface area contributed by atoms with Crippen LogP contribution in [0.3, 0.4) is 0 Å². The lowest BCUT2D eigenvalue weighted by atomic mass is 10.1. The summed E-state index contributed by atoms with van der Waals surface area (Å²) in [5, 5.41) is 12.2. The third kappa shape index (κ3) is 2.95. The van der Waals surface area contributed by atoms with Crippen LogP contribution in [0.1, 0.15) is 40.8 Å². The van der Waals surface area contributed by atoms with Crippen LogP contribution in [0.2, 0.25) is 0 Å². The number of nitrogens with zero attached hydrogens (tertiary/aromatic N) is 3. The lowest BCUT2D eigenvalue weighted by Gasteiger charge is -2.18. The van der Waals surface area contributed by atoms with Crippen LogP contribution in [0.15, 0.2) is 30.7 Å². The normalized spacial score (nSPS) is 15.7. The van der Waals surface area contributed by atoms with Crippen LogP contribution in [0.25, 0.3) is 0 Å². The van der Waals surface area contributed by atoms with Crippen molar-refractivity contribution in [2.24, 2.45) is 13.0 Å². The Morgan fingerprint density at radius 3 is 2.90 bits per heavy atom. The number of carbonyl (C=O) groups is 1. The second kappa shape index (κ2) is 5.65. The van der Waals surface area contributed by atoms with Gasteiger partial charge in [0.25, 0.3) is 5.91 Å². The van der Waals surface area contributed by atoms with Crippen LogP contribution in [-0.2, 0) is 13.7 Å². The molecule has 0 spiro atoms. The second-order valence-electron chi connectivity index (χ2n) is 5.39. The van der Waals surface area contributed by atoms with Crippen molar-refractivity contribution in [1.82, 2.24) is 19.9 Å². The molecule has 3 rings (SSSR count). The summed E-state index contributed by atoms with van der Waals surface area (Å²) in [5.41, 5.74) is 0.997. The maximum Gasteiger partial charge on any atom is 0.270 e. The summed E-state index contributed by atoms with van der Waals surface area (Å²) in [6.45, 7) is -0.103. The van der Waals surface area contributed by atoms with Gasteiger partial charge in [0.2, 0.25) is 0 Å². The highest BCUT2D eigenvalue weighted by atomic mass is 16.3. The Balaban J connectivity index is 1.79. The van der Waals surface area contributed by atoms with Crippen molar-refractivity contribution < 1.29 is 9.90 Å². The predicted molar refractivity (Wildman–Crippen MR) is 76.3 cm³/mol. The minimum Gasteiger partial charge on any atom is -0.392 e. The SMILES string of the molecule is Cn1ccnc1[C@H](NC(=O)c1cc(CO)ccn1)C1CC1. The number of hydrogen-bond acceptors (Lipinski definition) is 4. The van der Waals surface area contributed by atoms with Gasteiger partial charge in [0, 0.05) is 25.6 Å². The van der Waals surface area contributed by atoms with Gasteiger partial charge in [-0.15, -0.1) is 0 Å². The van der Waals surface area contributed by atoms with Gasteiger partial charge in [0.05, 0.1) is 12.6 Å². The summed E-state index contributed by atoms with van der Waals surface area (Å²) >= 11 is 0. The Morgan fingerprint density at radius 1 is 1.48 bits per heavy atom. The molecule has 1 saturated carbocycles. The summed E-state index contributed by atoms with van der Waals surface area (Å²) in [4.78, 5) is 20.8. The standard InChI is InChI=1S/C15H18N4O2/c1-19-7-6-17-14(19)13(11-2-3-11)18-15(21)12-8-10(9-20)4-5-16-12/h4-8,11,13,20H,2-3,9H2,1H3,(H,18,21)/t13-/m1/s1. The molecular weight excluding hydrogens is 268 g/mol. The zero-order chi connectivity index (χ0) is 14.8. The molecule has 21 heavy (non-hydrogen) atoms. The smallest absolute Gasteiger partial charge is 0.270 e. The highest BCUT2D eigenvalue weighted by Gasteiger charge is 2.36. The monoisotopic (exact) mass is 286 g/mol. The van der Waals surface area contributed by atoms with E-state index in [1.807, 2.05) is 17.8 Å². The van der Waals surface area contributed by atoms with Crippen molar-refractivity contribution in [2.75, 3.05) is 0 Å². The summed E-state index contributed by atoms with van der Waals surface area (Å²) < 4.78 is 1.93. The van der Waals surface area contributed by atoms with E-state index in [2.05, 4.69) is 15.3 Å². The van der Waals surface area contributed by atoms with E-state index < -0.39 is 0 Å². The molecule has 0 aromatic carbocycles. The van der Waals surface area contributed by atoms with Gasteiger partial charge >= 0.3 is 0 Å². The largest absolute Gasteiger partial charge is 0.392 e. The van der Waals surface area contributed by atoms with E-state index in [-0.39, 0.29) is 18.6 Å². The second-order valence-corrected chi connectivity index (χ2v) is 5.39. The lowest BCUT2D eigenvalue weighted by Crippen LogP contribution is -2.32. The quantitative estimate of drug-likeness (QED) is 0.865. The highest BCUT2D eigenvalue weighted by molar-refractivity contribution is 5.92. The number of imidazole rings is 1. The number of hydrogen-bond donors (Lipinski definition) is 2. The molecule has 0 unspecified atom stereocenters. The Kier molecular flexibility index (Phi) is 3.70. The number of nitrogens with one attached hydrogen (secondary N) is 1. The Bertz CT molecular complexity index is 649. The van der Waals surface area contributed by atoms with Gasteiger partial charge in [-0.05, 0) is 36.5 Å². The molecule has 0 aliphatic heterocycles. The van der Waals surface area contributed by atoms with Gasteiger partial charge in [-0.3, -0.25) is 9.78 Å². The fourth-order valence-corrected chi connectivity index (χ4v) is 2.41. The van der Waals surface area contributed by atoms with Gasteiger partial charge in [-0.1, -0.05) is 0 Å². The van der Waals surface area contributed by atoms with Crippen molar-refractivity contribution in [3.8, 4) is 0 Å². The van der Waals surface area contributed by atoms with E-state index in [1.54, 1.807) is 18.3 Å². The van der Waals surface area contributed by atoms with E-state index in [9.17, 15) is 4.79 Å². The first-order valence-electron chi connectivity index (χ1n) is 7.03. The third-order valence-corrected chi connectivity index (χ3v) is 3.76. The minimum atomic E-state index is -0.231. The molecule has 1 aliphatic carbocycles. The first-order valence-corrected chi connectivity index (χ1v) is 7.03. The van der Waals surface area contributed by atoms with Crippen molar-refractivity contribution in [2.45, 2.75) is 25.5 Å². The zero-order valence-corrected chi connectivity index (χ0v) is 11.9. The number of carbonyl (C=O) groups excluding carboxylic acids is 1. The summed E-state index contributed by atoms with van der Waals surface area (Å²) in [6.07, 6.45) is 7.35. The van der Waals surface area contributed by atoms with Crippen LogP contribution in [0.4, 0.5) is 0 Å². The first-order chi connectivity index (χ1) is 10.2. The van der Waals surface area contributed by atoms with E-state index in [0.717, 1.165) is 18.7 Å². The van der Waals surface area contributed by atoms with Gasteiger partial charge < -0.3 is 15.0 Å². The number of aromatic nitrogens is 3. The summed E-state index contributed by atoms with van der Waals surface area (Å²) in [5.74, 6) is 1.07.